The zero-order chi connectivity index (χ0) is 17.8. The maximum atomic E-state index is 6.17. The molecule has 0 bridgehead atoms. The molecule has 0 saturated carbocycles. The zero-order valence-corrected chi connectivity index (χ0v) is 14.8. The van der Waals surface area contributed by atoms with Gasteiger partial charge in [-0.05, 0) is 42.5 Å². The Bertz CT molecular complexity index is 887. The lowest BCUT2D eigenvalue weighted by Gasteiger charge is -2.13. The third-order valence-corrected chi connectivity index (χ3v) is 3.98. The minimum absolute atomic E-state index is 0.356. The van der Waals surface area contributed by atoms with Crippen molar-refractivity contribution in [1.82, 2.24) is 9.97 Å². The van der Waals surface area contributed by atoms with Gasteiger partial charge >= 0.3 is 0 Å². The molecular weight excluding hydrogens is 361 g/mol. The number of halogens is 2. The average molecular weight is 376 g/mol. The summed E-state index contributed by atoms with van der Waals surface area (Å²) in [5, 5.41) is 7.28. The fraction of sp³-hybridized carbons (Fsp3) is 0.0588. The molecule has 0 amide bonds. The Kier molecular flexibility index (Phi) is 5.11. The number of nitrogen functional groups attached to an aromatic ring is 1. The van der Waals surface area contributed by atoms with Crippen LogP contribution in [0.4, 0.5) is 28.7 Å². The number of hydrogen-bond acceptors (Lipinski definition) is 6. The SMILES string of the molecule is COc1ccc(Nc2ncnc(Nc3cc(Cl)ccc3Cl)c2N)cc1. The summed E-state index contributed by atoms with van der Waals surface area (Å²) in [6.45, 7) is 0. The molecule has 8 heteroatoms. The first-order valence-electron chi connectivity index (χ1n) is 7.30. The summed E-state index contributed by atoms with van der Waals surface area (Å²) in [5.74, 6) is 1.66. The van der Waals surface area contributed by atoms with Crippen LogP contribution in [0.2, 0.25) is 10.0 Å². The van der Waals surface area contributed by atoms with Gasteiger partial charge in [-0.3, -0.25) is 0 Å². The second-order valence-corrected chi connectivity index (χ2v) is 5.93. The first-order valence-corrected chi connectivity index (χ1v) is 8.06. The van der Waals surface area contributed by atoms with Crippen molar-refractivity contribution in [3.8, 4) is 5.75 Å². The van der Waals surface area contributed by atoms with Crippen molar-refractivity contribution in [2.24, 2.45) is 0 Å². The standard InChI is InChI=1S/C17H15Cl2N5O/c1-25-12-5-3-11(4-6-12)23-16-15(20)17(22-9-21-16)24-14-8-10(18)2-7-13(14)19/h2-9H,20H2,1H3,(H2,21,22,23,24). The molecule has 0 radical (unpaired) electrons. The van der Waals surface area contributed by atoms with E-state index in [1.807, 2.05) is 24.3 Å². The van der Waals surface area contributed by atoms with Gasteiger partial charge in [0.05, 0.1) is 17.8 Å². The van der Waals surface area contributed by atoms with E-state index in [1.54, 1.807) is 25.3 Å². The Morgan fingerprint density at radius 3 is 2.32 bits per heavy atom. The molecule has 2 aromatic carbocycles. The van der Waals surface area contributed by atoms with Crippen molar-refractivity contribution in [2.45, 2.75) is 0 Å². The van der Waals surface area contributed by atoms with E-state index < -0.39 is 0 Å². The lowest BCUT2D eigenvalue weighted by Crippen LogP contribution is -2.05. The second kappa shape index (κ2) is 7.46. The fourth-order valence-corrected chi connectivity index (χ4v) is 2.46. The van der Waals surface area contributed by atoms with Gasteiger partial charge in [0.25, 0.3) is 0 Å². The highest BCUT2D eigenvalue weighted by Gasteiger charge is 2.11. The van der Waals surface area contributed by atoms with E-state index >= 15 is 0 Å². The van der Waals surface area contributed by atoms with Gasteiger partial charge < -0.3 is 21.1 Å². The summed E-state index contributed by atoms with van der Waals surface area (Å²) >= 11 is 12.2. The molecule has 0 aliphatic rings. The van der Waals surface area contributed by atoms with Crippen molar-refractivity contribution < 1.29 is 4.74 Å². The van der Waals surface area contributed by atoms with Gasteiger partial charge in [-0.1, -0.05) is 23.2 Å². The zero-order valence-electron chi connectivity index (χ0n) is 13.3. The number of methoxy groups -OCH3 is 1. The highest BCUT2D eigenvalue weighted by atomic mass is 35.5. The Morgan fingerprint density at radius 1 is 0.960 bits per heavy atom. The quantitative estimate of drug-likeness (QED) is 0.590. The number of nitrogens with zero attached hydrogens (tertiary/aromatic N) is 2. The Labute approximate surface area is 155 Å². The van der Waals surface area contributed by atoms with Gasteiger partial charge in [0.1, 0.15) is 17.8 Å². The van der Waals surface area contributed by atoms with E-state index in [1.165, 1.54) is 6.33 Å². The predicted molar refractivity (Wildman–Crippen MR) is 102 cm³/mol. The topological polar surface area (TPSA) is 85.1 Å². The molecule has 1 heterocycles. The maximum absolute atomic E-state index is 6.17. The molecule has 3 rings (SSSR count). The largest absolute Gasteiger partial charge is 0.497 e. The summed E-state index contributed by atoms with van der Waals surface area (Å²) < 4.78 is 5.14. The molecule has 0 saturated heterocycles. The monoisotopic (exact) mass is 375 g/mol. The van der Waals surface area contributed by atoms with Crippen molar-refractivity contribution in [1.29, 1.82) is 0 Å². The van der Waals surface area contributed by atoms with E-state index in [4.69, 9.17) is 33.7 Å². The number of benzene rings is 2. The van der Waals surface area contributed by atoms with Crippen LogP contribution in [0.3, 0.4) is 0 Å². The van der Waals surface area contributed by atoms with E-state index in [2.05, 4.69) is 20.6 Å². The van der Waals surface area contributed by atoms with Gasteiger partial charge in [0.15, 0.2) is 11.6 Å². The van der Waals surface area contributed by atoms with Crippen LogP contribution in [0.1, 0.15) is 0 Å². The molecular formula is C17H15Cl2N5O. The number of rotatable bonds is 5. The molecule has 4 N–H and O–H groups in total. The highest BCUT2D eigenvalue weighted by Crippen LogP contribution is 2.32. The van der Waals surface area contributed by atoms with Crippen LogP contribution in [0.5, 0.6) is 5.75 Å². The number of nitrogens with one attached hydrogen (secondary N) is 2. The van der Waals surface area contributed by atoms with Gasteiger partial charge in [-0.2, -0.15) is 0 Å². The average Bonchev–Trinajstić information content (AvgIpc) is 2.62. The molecule has 3 aromatic rings. The van der Waals surface area contributed by atoms with Gasteiger partial charge in [0, 0.05) is 10.7 Å². The highest BCUT2D eigenvalue weighted by molar-refractivity contribution is 6.35. The summed E-state index contributed by atoms with van der Waals surface area (Å²) in [6.07, 6.45) is 1.41. The van der Waals surface area contributed by atoms with Crippen LogP contribution in [0.15, 0.2) is 48.8 Å². The van der Waals surface area contributed by atoms with Crippen molar-refractivity contribution in [3.05, 3.63) is 58.8 Å². The van der Waals surface area contributed by atoms with Crippen LogP contribution < -0.4 is 21.1 Å². The lowest BCUT2D eigenvalue weighted by atomic mass is 10.3. The van der Waals surface area contributed by atoms with Crippen LogP contribution in [0.25, 0.3) is 0 Å². The maximum Gasteiger partial charge on any atom is 0.159 e. The van der Waals surface area contributed by atoms with Crippen LogP contribution in [-0.2, 0) is 0 Å². The van der Waals surface area contributed by atoms with Crippen molar-refractivity contribution in [2.75, 3.05) is 23.5 Å². The first-order chi connectivity index (χ1) is 12.1. The van der Waals surface area contributed by atoms with Gasteiger partial charge in [-0.15, -0.1) is 0 Å². The minimum atomic E-state index is 0.356. The molecule has 25 heavy (non-hydrogen) atoms. The molecule has 0 aliphatic heterocycles. The molecule has 0 atom stereocenters. The summed E-state index contributed by atoms with van der Waals surface area (Å²) in [5.41, 5.74) is 7.95. The molecule has 0 unspecified atom stereocenters. The smallest absolute Gasteiger partial charge is 0.159 e. The Morgan fingerprint density at radius 2 is 1.64 bits per heavy atom. The normalized spacial score (nSPS) is 10.4. The Balaban J connectivity index is 1.85. The van der Waals surface area contributed by atoms with E-state index in [0.29, 0.717) is 33.1 Å². The van der Waals surface area contributed by atoms with Crippen LogP contribution >= 0.6 is 23.2 Å². The van der Waals surface area contributed by atoms with Crippen molar-refractivity contribution >= 4 is 51.9 Å². The summed E-state index contributed by atoms with van der Waals surface area (Å²) in [7, 11) is 1.61. The third-order valence-electron chi connectivity index (χ3n) is 3.42. The number of ether oxygens (including phenoxy) is 1. The first kappa shape index (κ1) is 17.1. The minimum Gasteiger partial charge on any atom is -0.497 e. The molecule has 128 valence electrons. The third kappa shape index (κ3) is 4.04. The van der Waals surface area contributed by atoms with Crippen LogP contribution in [-0.4, -0.2) is 17.1 Å². The molecule has 0 spiro atoms. The van der Waals surface area contributed by atoms with E-state index in [-0.39, 0.29) is 0 Å². The number of anilines is 5. The summed E-state index contributed by atoms with van der Waals surface area (Å²) in [6, 6.07) is 12.5. The molecule has 0 fully saturated rings. The molecule has 6 nitrogen and oxygen atoms in total. The van der Waals surface area contributed by atoms with E-state index in [0.717, 1.165) is 11.4 Å². The van der Waals surface area contributed by atoms with E-state index in [9.17, 15) is 0 Å². The molecule has 1 aromatic heterocycles. The second-order valence-electron chi connectivity index (χ2n) is 5.09. The number of hydrogen-bond donors (Lipinski definition) is 3. The number of nitrogens with two attached hydrogens (primary N) is 1. The fourth-order valence-electron chi connectivity index (χ4n) is 2.13. The summed E-state index contributed by atoms with van der Waals surface area (Å²) in [4.78, 5) is 8.35. The van der Waals surface area contributed by atoms with Crippen LogP contribution in [0, 0.1) is 0 Å². The van der Waals surface area contributed by atoms with Gasteiger partial charge in [-0.25, -0.2) is 9.97 Å². The van der Waals surface area contributed by atoms with Gasteiger partial charge in [0.2, 0.25) is 0 Å². The predicted octanol–water partition coefficient (Wildman–Crippen LogP) is 4.86. The van der Waals surface area contributed by atoms with Crippen molar-refractivity contribution in [3.63, 3.8) is 0 Å². The Hall–Kier alpha value is -2.70. The molecule has 0 aliphatic carbocycles. The lowest BCUT2D eigenvalue weighted by molar-refractivity contribution is 0.415. The number of aromatic nitrogens is 2.